The minimum Gasteiger partial charge on any atom is -0.356 e. The van der Waals surface area contributed by atoms with Crippen molar-refractivity contribution in [3.05, 3.63) is 29.5 Å². The molecule has 9 heteroatoms. The maximum absolute atomic E-state index is 13.3. The average molecular weight is 434 g/mol. The molecule has 0 atom stereocenters. The van der Waals surface area contributed by atoms with Crippen molar-refractivity contribution >= 4 is 5.91 Å². The summed E-state index contributed by atoms with van der Waals surface area (Å²) in [6.45, 7) is 6.01. The lowest BCUT2D eigenvalue weighted by molar-refractivity contribution is -0.138. The molecule has 31 heavy (non-hydrogen) atoms. The van der Waals surface area contributed by atoms with E-state index in [1.54, 1.807) is 4.90 Å². The topological polar surface area (TPSA) is 75.4 Å². The number of hydrogen-bond acceptors (Lipinski definition) is 6. The first-order valence-electron chi connectivity index (χ1n) is 11.0. The quantitative estimate of drug-likeness (QED) is 0.719. The summed E-state index contributed by atoms with van der Waals surface area (Å²) in [4.78, 5) is 25.5. The summed E-state index contributed by atoms with van der Waals surface area (Å²) in [7, 11) is 0. The maximum Gasteiger partial charge on any atom is 0.251 e. The number of aryl methyl sites for hydroxylation is 2. The van der Waals surface area contributed by atoms with E-state index in [4.69, 9.17) is 9.51 Å². The van der Waals surface area contributed by atoms with Crippen molar-refractivity contribution in [3.63, 3.8) is 0 Å². The molecule has 1 amide bonds. The molecule has 4 heterocycles. The number of aromatic nitrogens is 3. The van der Waals surface area contributed by atoms with Gasteiger partial charge in [-0.2, -0.15) is 0 Å². The monoisotopic (exact) mass is 433 g/mol. The number of hydrogen-bond donors (Lipinski definition) is 0. The molecule has 0 radical (unpaired) electrons. The van der Waals surface area contributed by atoms with E-state index in [9.17, 15) is 13.6 Å². The highest BCUT2D eigenvalue weighted by atomic mass is 19.3. The van der Waals surface area contributed by atoms with E-state index in [2.05, 4.69) is 15.0 Å². The average Bonchev–Trinajstić information content (AvgIpc) is 3.20. The molecule has 0 saturated carbocycles. The molecule has 0 aromatic carbocycles. The summed E-state index contributed by atoms with van der Waals surface area (Å²) in [5.74, 6) is -0.969. The van der Waals surface area contributed by atoms with Crippen molar-refractivity contribution in [2.45, 2.75) is 57.8 Å². The van der Waals surface area contributed by atoms with Crippen molar-refractivity contribution < 1.29 is 18.1 Å². The number of amides is 1. The lowest BCUT2D eigenvalue weighted by Crippen LogP contribution is -2.48. The third kappa shape index (κ3) is 5.08. The van der Waals surface area contributed by atoms with Crippen LogP contribution in [0.25, 0.3) is 11.3 Å². The standard InChI is InChI=1S/C22H29F2N5O2/c1-3-19-25-13-17(18-12-15(2)27-31-18)21(26-19)16-4-8-28(9-5-16)14-20(30)29-10-6-22(23,24)7-11-29/h12-13,16H,3-11,14H2,1-2H3. The Bertz CT molecular complexity index is 914. The van der Waals surface area contributed by atoms with Crippen LogP contribution < -0.4 is 0 Å². The van der Waals surface area contributed by atoms with Gasteiger partial charge in [0.1, 0.15) is 5.82 Å². The van der Waals surface area contributed by atoms with E-state index >= 15 is 0 Å². The van der Waals surface area contributed by atoms with Crippen LogP contribution in [0, 0.1) is 6.92 Å². The maximum atomic E-state index is 13.3. The summed E-state index contributed by atoms with van der Waals surface area (Å²) in [6.07, 6.45) is 3.84. The molecular weight excluding hydrogens is 404 g/mol. The van der Waals surface area contributed by atoms with Gasteiger partial charge in [-0.1, -0.05) is 12.1 Å². The normalized spacial score (nSPS) is 20.2. The minimum absolute atomic E-state index is 0.0536. The summed E-state index contributed by atoms with van der Waals surface area (Å²) in [5, 5.41) is 3.99. The molecule has 2 fully saturated rings. The third-order valence-corrected chi connectivity index (χ3v) is 6.26. The Hall–Kier alpha value is -2.42. The number of carbonyl (C=O) groups excluding carboxylic acids is 1. The molecule has 168 valence electrons. The Balaban J connectivity index is 1.39. The van der Waals surface area contributed by atoms with E-state index in [0.29, 0.717) is 5.76 Å². The Morgan fingerprint density at radius 1 is 1.23 bits per heavy atom. The second-order valence-corrected chi connectivity index (χ2v) is 8.56. The molecule has 7 nitrogen and oxygen atoms in total. The van der Waals surface area contributed by atoms with Crippen LogP contribution in [0.4, 0.5) is 8.78 Å². The predicted octanol–water partition coefficient (Wildman–Crippen LogP) is 3.44. The van der Waals surface area contributed by atoms with Crippen molar-refractivity contribution in [1.29, 1.82) is 0 Å². The third-order valence-electron chi connectivity index (χ3n) is 6.26. The SMILES string of the molecule is CCc1ncc(-c2cc(C)no2)c(C2CCN(CC(=O)N3CCC(F)(F)CC3)CC2)n1. The van der Waals surface area contributed by atoms with Crippen LogP contribution in [-0.4, -0.2) is 69.5 Å². The molecule has 2 aromatic heterocycles. The van der Waals surface area contributed by atoms with Gasteiger partial charge in [0.2, 0.25) is 5.91 Å². The number of piperidine rings is 2. The minimum atomic E-state index is -2.64. The molecule has 2 aliphatic rings. The molecule has 2 aromatic rings. The van der Waals surface area contributed by atoms with Gasteiger partial charge in [0.15, 0.2) is 5.76 Å². The van der Waals surface area contributed by atoms with Gasteiger partial charge in [-0.3, -0.25) is 9.69 Å². The van der Waals surface area contributed by atoms with Crippen LogP contribution in [0.1, 0.15) is 55.7 Å². The second-order valence-electron chi connectivity index (χ2n) is 8.56. The van der Waals surface area contributed by atoms with Crippen LogP contribution in [0.15, 0.2) is 16.8 Å². The lowest BCUT2D eigenvalue weighted by atomic mass is 9.90. The van der Waals surface area contributed by atoms with E-state index in [1.165, 1.54) is 0 Å². The highest BCUT2D eigenvalue weighted by molar-refractivity contribution is 5.78. The smallest absolute Gasteiger partial charge is 0.251 e. The molecule has 0 unspecified atom stereocenters. The molecule has 2 saturated heterocycles. The Morgan fingerprint density at radius 3 is 2.55 bits per heavy atom. The zero-order valence-electron chi connectivity index (χ0n) is 18.1. The highest BCUT2D eigenvalue weighted by Crippen LogP contribution is 2.34. The van der Waals surface area contributed by atoms with Gasteiger partial charge in [-0.05, 0) is 32.9 Å². The van der Waals surface area contributed by atoms with Crippen molar-refractivity contribution in [2.75, 3.05) is 32.7 Å². The van der Waals surface area contributed by atoms with Crippen LogP contribution in [0.5, 0.6) is 0 Å². The van der Waals surface area contributed by atoms with Gasteiger partial charge >= 0.3 is 0 Å². The number of carbonyl (C=O) groups is 1. The predicted molar refractivity (Wildman–Crippen MR) is 111 cm³/mol. The van der Waals surface area contributed by atoms with Gasteiger partial charge in [-0.15, -0.1) is 0 Å². The first kappa shape index (κ1) is 21.8. The second kappa shape index (κ2) is 8.98. The number of likely N-dealkylation sites (tertiary alicyclic amines) is 2. The molecule has 2 aliphatic heterocycles. The van der Waals surface area contributed by atoms with E-state index < -0.39 is 5.92 Å². The van der Waals surface area contributed by atoms with Crippen molar-refractivity contribution in [3.8, 4) is 11.3 Å². The first-order valence-corrected chi connectivity index (χ1v) is 11.0. The molecule has 0 aliphatic carbocycles. The fourth-order valence-corrected chi connectivity index (χ4v) is 4.33. The fraction of sp³-hybridized carbons (Fsp3) is 0.636. The summed E-state index contributed by atoms with van der Waals surface area (Å²) < 4.78 is 32.2. The fourth-order valence-electron chi connectivity index (χ4n) is 4.33. The van der Waals surface area contributed by atoms with E-state index in [0.717, 1.165) is 55.1 Å². The molecule has 0 spiro atoms. The van der Waals surface area contributed by atoms with Gasteiger partial charge in [-0.25, -0.2) is 18.7 Å². The number of halogens is 2. The molecule has 0 bridgehead atoms. The van der Waals surface area contributed by atoms with Crippen LogP contribution in [-0.2, 0) is 11.2 Å². The molecule has 4 rings (SSSR count). The Morgan fingerprint density at radius 2 is 1.94 bits per heavy atom. The van der Waals surface area contributed by atoms with Crippen LogP contribution >= 0.6 is 0 Å². The summed E-state index contributed by atoms with van der Waals surface area (Å²) in [5.41, 5.74) is 2.66. The molecule has 0 N–H and O–H groups in total. The van der Waals surface area contributed by atoms with Crippen LogP contribution in [0.2, 0.25) is 0 Å². The van der Waals surface area contributed by atoms with Crippen molar-refractivity contribution in [2.24, 2.45) is 0 Å². The van der Waals surface area contributed by atoms with E-state index in [1.807, 2.05) is 26.1 Å². The highest BCUT2D eigenvalue weighted by Gasteiger charge is 2.36. The summed E-state index contributed by atoms with van der Waals surface area (Å²) in [6, 6.07) is 1.89. The van der Waals surface area contributed by atoms with Gasteiger partial charge in [0.25, 0.3) is 5.92 Å². The number of nitrogens with zero attached hydrogens (tertiary/aromatic N) is 5. The lowest BCUT2D eigenvalue weighted by Gasteiger charge is -2.35. The van der Waals surface area contributed by atoms with Crippen molar-refractivity contribution in [1.82, 2.24) is 24.9 Å². The van der Waals surface area contributed by atoms with E-state index in [-0.39, 0.29) is 44.3 Å². The van der Waals surface area contributed by atoms with Gasteiger partial charge < -0.3 is 9.42 Å². The zero-order chi connectivity index (χ0) is 22.0. The Labute approximate surface area is 180 Å². The zero-order valence-corrected chi connectivity index (χ0v) is 18.1. The van der Waals surface area contributed by atoms with Gasteiger partial charge in [0, 0.05) is 50.5 Å². The first-order chi connectivity index (χ1) is 14.8. The molecular formula is C22H29F2N5O2. The number of alkyl halides is 2. The largest absolute Gasteiger partial charge is 0.356 e. The number of rotatable bonds is 5. The van der Waals surface area contributed by atoms with Gasteiger partial charge in [0.05, 0.1) is 23.5 Å². The van der Waals surface area contributed by atoms with Crippen LogP contribution in [0.3, 0.4) is 0 Å². The summed E-state index contributed by atoms with van der Waals surface area (Å²) >= 11 is 0. The Kier molecular flexibility index (Phi) is 6.31.